The van der Waals surface area contributed by atoms with Gasteiger partial charge in [0.1, 0.15) is 0 Å². The number of nitrogens with zero attached hydrogens (tertiary/aromatic N) is 3. The van der Waals surface area contributed by atoms with Gasteiger partial charge in [0.05, 0.1) is 6.54 Å². The summed E-state index contributed by atoms with van der Waals surface area (Å²) in [6.07, 6.45) is 3.83. The SMILES string of the molecule is CCN(CC)CCn1cccn1. The number of likely N-dealkylation sites (N-methyl/N-ethyl adjacent to an activating group) is 1. The van der Waals surface area contributed by atoms with Crippen LogP contribution in [0.15, 0.2) is 18.5 Å². The Balaban J connectivity index is 2.25. The van der Waals surface area contributed by atoms with Crippen LogP contribution in [0.2, 0.25) is 0 Å². The maximum absolute atomic E-state index is 4.15. The molecule has 0 amide bonds. The summed E-state index contributed by atoms with van der Waals surface area (Å²) in [7, 11) is 0. The van der Waals surface area contributed by atoms with E-state index < -0.39 is 0 Å². The van der Waals surface area contributed by atoms with Gasteiger partial charge in [-0.05, 0) is 19.2 Å². The molecule has 0 saturated heterocycles. The summed E-state index contributed by atoms with van der Waals surface area (Å²) in [5.41, 5.74) is 0. The Morgan fingerprint density at radius 3 is 2.58 bits per heavy atom. The van der Waals surface area contributed by atoms with Crippen LogP contribution >= 0.6 is 0 Å². The molecule has 0 fully saturated rings. The van der Waals surface area contributed by atoms with E-state index in [0.29, 0.717) is 0 Å². The molecule has 1 aromatic heterocycles. The van der Waals surface area contributed by atoms with E-state index in [1.165, 1.54) is 0 Å². The highest BCUT2D eigenvalue weighted by molar-refractivity contribution is 4.77. The van der Waals surface area contributed by atoms with Crippen molar-refractivity contribution in [1.82, 2.24) is 14.7 Å². The van der Waals surface area contributed by atoms with Crippen LogP contribution in [0.25, 0.3) is 0 Å². The summed E-state index contributed by atoms with van der Waals surface area (Å²) < 4.78 is 1.97. The van der Waals surface area contributed by atoms with E-state index >= 15 is 0 Å². The summed E-state index contributed by atoms with van der Waals surface area (Å²) in [6, 6.07) is 1.96. The van der Waals surface area contributed by atoms with E-state index in [-0.39, 0.29) is 0 Å². The van der Waals surface area contributed by atoms with Crippen LogP contribution in [0.4, 0.5) is 0 Å². The fraction of sp³-hybridized carbons (Fsp3) is 0.667. The lowest BCUT2D eigenvalue weighted by Crippen LogP contribution is -2.27. The van der Waals surface area contributed by atoms with E-state index in [1.807, 2.05) is 23.1 Å². The molecule has 3 nitrogen and oxygen atoms in total. The average molecular weight is 167 g/mol. The van der Waals surface area contributed by atoms with E-state index in [4.69, 9.17) is 0 Å². The lowest BCUT2D eigenvalue weighted by Gasteiger charge is -2.17. The first kappa shape index (κ1) is 9.26. The lowest BCUT2D eigenvalue weighted by atomic mass is 10.5. The first-order valence-corrected chi connectivity index (χ1v) is 4.56. The van der Waals surface area contributed by atoms with Crippen molar-refractivity contribution in [2.45, 2.75) is 20.4 Å². The molecule has 0 bridgehead atoms. The predicted molar refractivity (Wildman–Crippen MR) is 50.0 cm³/mol. The molecule has 0 aliphatic heterocycles. The topological polar surface area (TPSA) is 21.1 Å². The third kappa shape index (κ3) is 2.66. The first-order chi connectivity index (χ1) is 5.86. The molecule has 0 aliphatic rings. The van der Waals surface area contributed by atoms with Crippen LogP contribution in [0, 0.1) is 0 Å². The minimum Gasteiger partial charge on any atom is -0.302 e. The molecule has 1 aromatic rings. The molecule has 0 radical (unpaired) electrons. The number of aromatic nitrogens is 2. The van der Waals surface area contributed by atoms with Gasteiger partial charge in [0.25, 0.3) is 0 Å². The molecule has 0 atom stereocenters. The van der Waals surface area contributed by atoms with E-state index in [0.717, 1.165) is 26.2 Å². The molecule has 12 heavy (non-hydrogen) atoms. The van der Waals surface area contributed by atoms with Crippen molar-refractivity contribution in [3.8, 4) is 0 Å². The van der Waals surface area contributed by atoms with Gasteiger partial charge in [0, 0.05) is 18.9 Å². The second-order valence-electron chi connectivity index (χ2n) is 2.80. The molecule has 1 heterocycles. The Kier molecular flexibility index (Phi) is 3.80. The first-order valence-electron chi connectivity index (χ1n) is 4.56. The molecular weight excluding hydrogens is 150 g/mol. The van der Waals surface area contributed by atoms with Gasteiger partial charge in [-0.2, -0.15) is 5.10 Å². The van der Waals surface area contributed by atoms with E-state index in [1.54, 1.807) is 0 Å². The van der Waals surface area contributed by atoms with Gasteiger partial charge in [-0.3, -0.25) is 4.68 Å². The summed E-state index contributed by atoms with van der Waals surface area (Å²) >= 11 is 0. The molecule has 3 heteroatoms. The molecule has 0 N–H and O–H groups in total. The highest BCUT2D eigenvalue weighted by Crippen LogP contribution is 1.90. The predicted octanol–water partition coefficient (Wildman–Crippen LogP) is 1.22. The molecular formula is C9H17N3. The highest BCUT2D eigenvalue weighted by Gasteiger charge is 1.98. The monoisotopic (exact) mass is 167 g/mol. The summed E-state index contributed by atoms with van der Waals surface area (Å²) in [4.78, 5) is 2.39. The van der Waals surface area contributed by atoms with Gasteiger partial charge >= 0.3 is 0 Å². The Labute approximate surface area is 74.0 Å². The largest absolute Gasteiger partial charge is 0.302 e. The van der Waals surface area contributed by atoms with Crippen LogP contribution < -0.4 is 0 Å². The highest BCUT2D eigenvalue weighted by atomic mass is 15.3. The summed E-state index contributed by atoms with van der Waals surface area (Å²) in [5.74, 6) is 0. The average Bonchev–Trinajstić information content (AvgIpc) is 2.59. The van der Waals surface area contributed by atoms with Gasteiger partial charge in [-0.15, -0.1) is 0 Å². The van der Waals surface area contributed by atoms with E-state index in [9.17, 15) is 0 Å². The van der Waals surface area contributed by atoms with Crippen LogP contribution in [0.5, 0.6) is 0 Å². The van der Waals surface area contributed by atoms with Crippen molar-refractivity contribution >= 4 is 0 Å². The summed E-state index contributed by atoms with van der Waals surface area (Å²) in [6.45, 7) is 8.71. The zero-order valence-electron chi connectivity index (χ0n) is 7.90. The third-order valence-corrected chi connectivity index (χ3v) is 2.10. The van der Waals surface area contributed by atoms with Gasteiger partial charge in [0.2, 0.25) is 0 Å². The van der Waals surface area contributed by atoms with Crippen molar-refractivity contribution < 1.29 is 0 Å². The number of hydrogen-bond acceptors (Lipinski definition) is 2. The Bertz CT molecular complexity index is 190. The molecule has 68 valence electrons. The molecule has 0 saturated carbocycles. The standard InChI is InChI=1S/C9H17N3/c1-3-11(4-2)8-9-12-7-5-6-10-12/h5-7H,3-4,8-9H2,1-2H3. The van der Waals surface area contributed by atoms with E-state index in [2.05, 4.69) is 23.8 Å². The van der Waals surface area contributed by atoms with Gasteiger partial charge < -0.3 is 4.90 Å². The van der Waals surface area contributed by atoms with Crippen molar-refractivity contribution in [3.63, 3.8) is 0 Å². The maximum atomic E-state index is 4.15. The fourth-order valence-electron chi connectivity index (χ4n) is 1.22. The molecule has 0 aliphatic carbocycles. The Hall–Kier alpha value is -0.830. The lowest BCUT2D eigenvalue weighted by molar-refractivity contribution is 0.285. The summed E-state index contributed by atoms with van der Waals surface area (Å²) in [5, 5.41) is 4.15. The zero-order valence-corrected chi connectivity index (χ0v) is 7.90. The van der Waals surface area contributed by atoms with Crippen LogP contribution in [0.1, 0.15) is 13.8 Å². The fourth-order valence-corrected chi connectivity index (χ4v) is 1.22. The molecule has 0 aromatic carbocycles. The normalized spacial score (nSPS) is 10.9. The molecule has 0 unspecified atom stereocenters. The Morgan fingerprint density at radius 1 is 1.33 bits per heavy atom. The Morgan fingerprint density at radius 2 is 2.08 bits per heavy atom. The zero-order chi connectivity index (χ0) is 8.81. The maximum Gasteiger partial charge on any atom is 0.0536 e. The van der Waals surface area contributed by atoms with Gasteiger partial charge in [0.15, 0.2) is 0 Å². The van der Waals surface area contributed by atoms with Crippen LogP contribution in [0.3, 0.4) is 0 Å². The van der Waals surface area contributed by atoms with Crippen LogP contribution in [-0.2, 0) is 6.54 Å². The van der Waals surface area contributed by atoms with Crippen LogP contribution in [-0.4, -0.2) is 34.3 Å². The molecule has 1 rings (SSSR count). The minimum atomic E-state index is 0.995. The second kappa shape index (κ2) is 4.93. The quantitative estimate of drug-likeness (QED) is 0.657. The second-order valence-corrected chi connectivity index (χ2v) is 2.80. The van der Waals surface area contributed by atoms with Crippen molar-refractivity contribution in [3.05, 3.63) is 18.5 Å². The smallest absolute Gasteiger partial charge is 0.0536 e. The third-order valence-electron chi connectivity index (χ3n) is 2.10. The van der Waals surface area contributed by atoms with Gasteiger partial charge in [-0.1, -0.05) is 13.8 Å². The molecule has 0 spiro atoms. The van der Waals surface area contributed by atoms with Gasteiger partial charge in [-0.25, -0.2) is 0 Å². The van der Waals surface area contributed by atoms with Crippen molar-refractivity contribution in [1.29, 1.82) is 0 Å². The van der Waals surface area contributed by atoms with Crippen molar-refractivity contribution in [2.24, 2.45) is 0 Å². The number of rotatable bonds is 5. The van der Waals surface area contributed by atoms with Crippen molar-refractivity contribution in [2.75, 3.05) is 19.6 Å². The minimum absolute atomic E-state index is 0.995. The number of hydrogen-bond donors (Lipinski definition) is 0.